The van der Waals surface area contributed by atoms with Crippen molar-refractivity contribution in [3.8, 4) is 11.3 Å². The summed E-state index contributed by atoms with van der Waals surface area (Å²) in [5.74, 6) is -0.388. The standard InChI is InChI=1S/C26H23NS/c1-16(2)11-20-13-24(27-15-17(20)3)22-10-6-9-21-23-12-18-7-4-5-8-19(18)14-25(23)28-26(21)22/h4-10,12-16H,11H2,1-3H3/i3D3,11D2. The average molecular weight is 387 g/mol. The van der Waals surface area contributed by atoms with Crippen LogP contribution in [0.1, 0.15) is 31.8 Å². The second-order valence-electron chi connectivity index (χ2n) is 7.39. The summed E-state index contributed by atoms with van der Waals surface area (Å²) in [5, 5.41) is 4.66. The number of aromatic nitrogens is 1. The third kappa shape index (κ3) is 2.89. The smallest absolute Gasteiger partial charge is 0.0719 e. The van der Waals surface area contributed by atoms with Gasteiger partial charge in [-0.25, -0.2) is 0 Å². The molecule has 2 aromatic heterocycles. The Kier molecular flexibility index (Phi) is 3.04. The Balaban J connectivity index is 1.77. The topological polar surface area (TPSA) is 12.9 Å². The van der Waals surface area contributed by atoms with Crippen LogP contribution in [0.2, 0.25) is 0 Å². The van der Waals surface area contributed by atoms with Crippen molar-refractivity contribution in [1.29, 1.82) is 0 Å². The molecule has 0 N–H and O–H groups in total. The predicted octanol–water partition coefficient (Wildman–Crippen LogP) is 7.78. The fourth-order valence-corrected chi connectivity index (χ4v) is 4.97. The molecule has 138 valence electrons. The Morgan fingerprint density at radius 1 is 1.00 bits per heavy atom. The lowest BCUT2D eigenvalue weighted by Gasteiger charge is -2.11. The van der Waals surface area contributed by atoms with Crippen LogP contribution in [0.5, 0.6) is 0 Å². The van der Waals surface area contributed by atoms with Gasteiger partial charge in [0.25, 0.3) is 0 Å². The molecule has 5 aromatic rings. The van der Waals surface area contributed by atoms with Crippen molar-refractivity contribution in [3.05, 3.63) is 78.0 Å². The van der Waals surface area contributed by atoms with E-state index in [9.17, 15) is 0 Å². The molecule has 1 nitrogen and oxygen atoms in total. The first-order valence-corrected chi connectivity index (χ1v) is 10.2. The van der Waals surface area contributed by atoms with Gasteiger partial charge in [-0.3, -0.25) is 4.98 Å². The highest BCUT2D eigenvalue weighted by Gasteiger charge is 2.13. The largest absolute Gasteiger partial charge is 0.256 e. The molecular formula is C26H23NS. The number of rotatable bonds is 3. The minimum atomic E-state index is -2.44. The molecule has 0 aliphatic heterocycles. The highest BCUT2D eigenvalue weighted by Crippen LogP contribution is 2.41. The molecule has 2 heteroatoms. The van der Waals surface area contributed by atoms with E-state index in [4.69, 9.17) is 6.85 Å². The lowest BCUT2D eigenvalue weighted by Crippen LogP contribution is -1.98. The number of pyridine rings is 1. The first-order chi connectivity index (χ1) is 15.6. The summed E-state index contributed by atoms with van der Waals surface area (Å²) in [6.45, 7) is 1.09. The molecule has 0 radical (unpaired) electrons. The summed E-state index contributed by atoms with van der Waals surface area (Å²) < 4.78 is 43.2. The van der Waals surface area contributed by atoms with E-state index in [1.54, 1.807) is 31.3 Å². The first kappa shape index (κ1) is 12.7. The van der Waals surface area contributed by atoms with Crippen LogP contribution in [0.3, 0.4) is 0 Å². The van der Waals surface area contributed by atoms with E-state index >= 15 is 0 Å². The Bertz CT molecular complexity index is 1510. The van der Waals surface area contributed by atoms with E-state index in [-0.39, 0.29) is 17.0 Å². The fraction of sp³-hybridized carbons (Fsp3) is 0.192. The summed E-state index contributed by atoms with van der Waals surface area (Å²) in [4.78, 5) is 4.50. The van der Waals surface area contributed by atoms with Crippen molar-refractivity contribution in [2.45, 2.75) is 27.1 Å². The minimum absolute atomic E-state index is 0.0280. The molecule has 0 saturated heterocycles. The molecule has 0 saturated carbocycles. The van der Waals surface area contributed by atoms with Gasteiger partial charge in [-0.05, 0) is 59.2 Å². The molecule has 0 atom stereocenters. The monoisotopic (exact) mass is 386 g/mol. The number of hydrogen-bond acceptors (Lipinski definition) is 2. The fourth-order valence-electron chi connectivity index (χ4n) is 3.72. The molecule has 5 rings (SSSR count). The van der Waals surface area contributed by atoms with Gasteiger partial charge in [0.15, 0.2) is 0 Å². The van der Waals surface area contributed by atoms with Crippen molar-refractivity contribution in [2.24, 2.45) is 5.92 Å². The molecule has 28 heavy (non-hydrogen) atoms. The number of fused-ring (bicyclic) bond motifs is 4. The molecule has 0 unspecified atom stereocenters. The quantitative estimate of drug-likeness (QED) is 0.308. The van der Waals surface area contributed by atoms with Crippen molar-refractivity contribution < 1.29 is 6.85 Å². The van der Waals surface area contributed by atoms with Crippen LogP contribution in [0.4, 0.5) is 0 Å². The molecule has 0 amide bonds. The molecular weight excluding hydrogens is 358 g/mol. The van der Waals surface area contributed by atoms with Crippen LogP contribution in [-0.4, -0.2) is 4.98 Å². The van der Waals surface area contributed by atoms with E-state index in [2.05, 4.69) is 35.3 Å². The predicted molar refractivity (Wildman–Crippen MR) is 123 cm³/mol. The van der Waals surface area contributed by atoms with Crippen molar-refractivity contribution in [2.75, 3.05) is 0 Å². The summed E-state index contributed by atoms with van der Waals surface area (Å²) in [7, 11) is 0. The van der Waals surface area contributed by atoms with Gasteiger partial charge in [-0.1, -0.05) is 56.3 Å². The second-order valence-corrected chi connectivity index (χ2v) is 8.45. The van der Waals surface area contributed by atoms with Gasteiger partial charge in [-0.15, -0.1) is 11.3 Å². The number of thiophene rings is 1. The maximum Gasteiger partial charge on any atom is 0.0719 e. The second kappa shape index (κ2) is 6.72. The number of nitrogens with zero attached hydrogens (tertiary/aromatic N) is 1. The first-order valence-electron chi connectivity index (χ1n) is 11.9. The van der Waals surface area contributed by atoms with E-state index in [1.807, 2.05) is 24.3 Å². The maximum atomic E-state index is 8.63. The molecule has 0 spiro atoms. The van der Waals surface area contributed by atoms with E-state index in [0.717, 1.165) is 15.6 Å². The normalized spacial score (nSPS) is 15.5. The van der Waals surface area contributed by atoms with Gasteiger partial charge in [0, 0.05) is 38.8 Å². The lowest BCUT2D eigenvalue weighted by molar-refractivity contribution is 0.644. The molecule has 3 aromatic carbocycles. The van der Waals surface area contributed by atoms with Crippen molar-refractivity contribution in [3.63, 3.8) is 0 Å². The van der Waals surface area contributed by atoms with Crippen LogP contribution < -0.4 is 0 Å². The summed E-state index contributed by atoms with van der Waals surface area (Å²) in [5.41, 5.74) is 1.63. The Hall–Kier alpha value is -2.71. The summed E-state index contributed by atoms with van der Waals surface area (Å²) in [6, 6.07) is 20.4. The van der Waals surface area contributed by atoms with Gasteiger partial charge in [0.2, 0.25) is 0 Å². The van der Waals surface area contributed by atoms with Crippen LogP contribution in [-0.2, 0) is 6.37 Å². The molecule has 0 bridgehead atoms. The SMILES string of the molecule is [2H]C([2H])([2H])c1cnc(-c2cccc3c2sc2cc4ccccc4cc23)cc1C([2H])([2H])C(C)C. The zero-order chi connectivity index (χ0) is 23.5. The molecule has 0 fully saturated rings. The van der Waals surface area contributed by atoms with Crippen LogP contribution in [0.15, 0.2) is 66.9 Å². The van der Waals surface area contributed by atoms with Crippen molar-refractivity contribution >= 4 is 42.3 Å². The molecule has 0 aliphatic rings. The number of hydrogen-bond donors (Lipinski definition) is 0. The van der Waals surface area contributed by atoms with Crippen LogP contribution >= 0.6 is 11.3 Å². The van der Waals surface area contributed by atoms with E-state index in [1.165, 1.54) is 27.1 Å². The van der Waals surface area contributed by atoms with E-state index < -0.39 is 13.2 Å². The average Bonchev–Trinajstić information content (AvgIpc) is 3.14. The van der Waals surface area contributed by atoms with Crippen LogP contribution in [0, 0.1) is 12.8 Å². The van der Waals surface area contributed by atoms with Gasteiger partial charge in [0.1, 0.15) is 0 Å². The minimum Gasteiger partial charge on any atom is -0.256 e. The van der Waals surface area contributed by atoms with E-state index in [0.29, 0.717) is 5.69 Å². The summed E-state index contributed by atoms with van der Waals surface area (Å²) in [6.07, 6.45) is -0.467. The maximum absolute atomic E-state index is 8.63. The third-order valence-corrected chi connectivity index (χ3v) is 6.19. The third-order valence-electron chi connectivity index (χ3n) is 4.99. The zero-order valence-corrected chi connectivity index (χ0v) is 16.6. The number of benzene rings is 3. The highest BCUT2D eigenvalue weighted by atomic mass is 32.1. The Morgan fingerprint density at radius 2 is 1.82 bits per heavy atom. The highest BCUT2D eigenvalue weighted by molar-refractivity contribution is 7.26. The van der Waals surface area contributed by atoms with Crippen LogP contribution in [0.25, 0.3) is 42.2 Å². The van der Waals surface area contributed by atoms with Gasteiger partial charge < -0.3 is 0 Å². The van der Waals surface area contributed by atoms with Gasteiger partial charge >= 0.3 is 0 Å². The molecule has 2 heterocycles. The number of aryl methyl sites for hydroxylation is 1. The van der Waals surface area contributed by atoms with Gasteiger partial charge in [-0.2, -0.15) is 0 Å². The Morgan fingerprint density at radius 3 is 2.61 bits per heavy atom. The van der Waals surface area contributed by atoms with Crippen molar-refractivity contribution in [1.82, 2.24) is 4.98 Å². The lowest BCUT2D eigenvalue weighted by atomic mass is 9.97. The zero-order valence-electron chi connectivity index (χ0n) is 20.8. The Labute approximate surface area is 176 Å². The van der Waals surface area contributed by atoms with Gasteiger partial charge in [0.05, 0.1) is 5.69 Å². The molecule has 0 aliphatic carbocycles. The summed E-state index contributed by atoms with van der Waals surface area (Å²) >= 11 is 1.68.